The molecule has 0 aliphatic rings. The summed E-state index contributed by atoms with van der Waals surface area (Å²) in [5.41, 5.74) is 0. The van der Waals surface area contributed by atoms with Crippen molar-refractivity contribution in [1.82, 2.24) is 19.7 Å². The molecule has 0 aromatic carbocycles. The van der Waals surface area contributed by atoms with Gasteiger partial charge in [0.25, 0.3) is 0 Å². The summed E-state index contributed by atoms with van der Waals surface area (Å²) in [4.78, 5) is 5.50. The van der Waals surface area contributed by atoms with Crippen LogP contribution in [-0.4, -0.2) is 19.7 Å². The summed E-state index contributed by atoms with van der Waals surface area (Å²) in [5.74, 6) is 0.950. The van der Waals surface area contributed by atoms with Gasteiger partial charge in [-0.3, -0.25) is 0 Å². The number of imidazole rings is 1. The summed E-state index contributed by atoms with van der Waals surface area (Å²) >= 11 is 8.82. The second-order valence-electron chi connectivity index (χ2n) is 3.30. The molecule has 0 saturated heterocycles. The molecule has 7 heteroatoms. The Hall–Kier alpha value is -1.24. The molecule has 17 heavy (non-hydrogen) atoms. The quantitative estimate of drug-likeness (QED) is 0.741. The SMILES string of the molecule is Clc1nnc(Cn2ccnc2-c2cccs2)s1. The molecule has 0 N–H and O–H groups in total. The van der Waals surface area contributed by atoms with Crippen molar-refractivity contribution in [3.05, 3.63) is 39.4 Å². The van der Waals surface area contributed by atoms with Crippen molar-refractivity contribution in [2.24, 2.45) is 0 Å². The Morgan fingerprint density at radius 1 is 1.35 bits per heavy atom. The lowest BCUT2D eigenvalue weighted by molar-refractivity contribution is 0.787. The summed E-state index contributed by atoms with van der Waals surface area (Å²) in [6, 6.07) is 4.07. The van der Waals surface area contributed by atoms with Gasteiger partial charge in [-0.05, 0) is 23.0 Å². The minimum atomic E-state index is 0.470. The summed E-state index contributed by atoms with van der Waals surface area (Å²) < 4.78 is 2.51. The number of thiophene rings is 1. The molecule has 0 saturated carbocycles. The van der Waals surface area contributed by atoms with E-state index in [0.717, 1.165) is 15.7 Å². The predicted octanol–water partition coefficient (Wildman–Crippen LogP) is 3.16. The second-order valence-corrected chi connectivity index (χ2v) is 5.90. The average Bonchev–Trinajstić information content (AvgIpc) is 3.00. The first-order chi connectivity index (χ1) is 8.33. The van der Waals surface area contributed by atoms with E-state index in [1.165, 1.54) is 11.3 Å². The van der Waals surface area contributed by atoms with Crippen LogP contribution in [0, 0.1) is 0 Å². The third kappa shape index (κ3) is 2.24. The van der Waals surface area contributed by atoms with Gasteiger partial charge in [-0.25, -0.2) is 4.98 Å². The van der Waals surface area contributed by atoms with Crippen LogP contribution in [0.15, 0.2) is 29.9 Å². The molecule has 3 heterocycles. The lowest BCUT2D eigenvalue weighted by atomic mass is 10.4. The normalized spacial score (nSPS) is 10.9. The zero-order valence-corrected chi connectivity index (χ0v) is 11.0. The zero-order chi connectivity index (χ0) is 11.7. The predicted molar refractivity (Wildman–Crippen MR) is 69.6 cm³/mol. The summed E-state index contributed by atoms with van der Waals surface area (Å²) in [6.45, 7) is 0.650. The molecule has 0 aliphatic heterocycles. The van der Waals surface area contributed by atoms with E-state index in [1.807, 2.05) is 22.2 Å². The molecule has 0 atom stereocenters. The lowest BCUT2D eigenvalue weighted by Crippen LogP contribution is -1.99. The van der Waals surface area contributed by atoms with E-state index in [1.54, 1.807) is 17.5 Å². The smallest absolute Gasteiger partial charge is 0.207 e. The highest BCUT2D eigenvalue weighted by Crippen LogP contribution is 2.24. The van der Waals surface area contributed by atoms with E-state index in [-0.39, 0.29) is 0 Å². The van der Waals surface area contributed by atoms with E-state index < -0.39 is 0 Å². The Kier molecular flexibility index (Phi) is 2.92. The van der Waals surface area contributed by atoms with Crippen LogP contribution in [-0.2, 0) is 6.54 Å². The fourth-order valence-corrected chi connectivity index (χ4v) is 3.11. The van der Waals surface area contributed by atoms with Crippen molar-refractivity contribution in [3.8, 4) is 10.7 Å². The highest BCUT2D eigenvalue weighted by molar-refractivity contribution is 7.15. The Labute approximate surface area is 111 Å². The zero-order valence-electron chi connectivity index (χ0n) is 8.58. The Morgan fingerprint density at radius 2 is 2.29 bits per heavy atom. The fourth-order valence-electron chi connectivity index (χ4n) is 1.51. The van der Waals surface area contributed by atoms with E-state index >= 15 is 0 Å². The molecule has 3 aromatic rings. The summed E-state index contributed by atoms with van der Waals surface area (Å²) in [6.07, 6.45) is 3.72. The Morgan fingerprint density at radius 3 is 3.00 bits per heavy atom. The largest absolute Gasteiger partial charge is 0.323 e. The standard InChI is InChI=1S/C10H7ClN4S2/c11-10-14-13-8(17-10)6-15-4-3-12-9(15)7-2-1-5-16-7/h1-5H,6H2. The average molecular weight is 283 g/mol. The van der Waals surface area contributed by atoms with Gasteiger partial charge < -0.3 is 4.57 Å². The third-order valence-electron chi connectivity index (χ3n) is 2.20. The van der Waals surface area contributed by atoms with Crippen LogP contribution in [0.4, 0.5) is 0 Å². The molecular formula is C10H7ClN4S2. The first-order valence-corrected chi connectivity index (χ1v) is 6.93. The molecule has 0 radical (unpaired) electrons. The van der Waals surface area contributed by atoms with E-state index in [9.17, 15) is 0 Å². The lowest BCUT2D eigenvalue weighted by Gasteiger charge is -2.02. The number of hydrogen-bond acceptors (Lipinski definition) is 5. The van der Waals surface area contributed by atoms with Crippen LogP contribution in [0.1, 0.15) is 5.01 Å². The van der Waals surface area contributed by atoms with Crippen molar-refractivity contribution < 1.29 is 0 Å². The third-order valence-corrected chi connectivity index (χ3v) is 4.07. The van der Waals surface area contributed by atoms with Crippen molar-refractivity contribution in [1.29, 1.82) is 0 Å². The maximum absolute atomic E-state index is 5.76. The van der Waals surface area contributed by atoms with E-state index in [2.05, 4.69) is 21.2 Å². The minimum absolute atomic E-state index is 0.470. The second kappa shape index (κ2) is 4.56. The molecule has 0 amide bonds. The highest BCUT2D eigenvalue weighted by atomic mass is 35.5. The molecule has 0 aliphatic carbocycles. The van der Waals surface area contributed by atoms with Gasteiger partial charge in [-0.15, -0.1) is 21.5 Å². The van der Waals surface area contributed by atoms with Crippen molar-refractivity contribution in [2.45, 2.75) is 6.54 Å². The number of aromatic nitrogens is 4. The van der Waals surface area contributed by atoms with Crippen LogP contribution in [0.2, 0.25) is 4.47 Å². The van der Waals surface area contributed by atoms with Crippen LogP contribution in [0.3, 0.4) is 0 Å². The highest BCUT2D eigenvalue weighted by Gasteiger charge is 2.09. The van der Waals surface area contributed by atoms with Gasteiger partial charge in [0.1, 0.15) is 10.8 Å². The van der Waals surface area contributed by atoms with Crippen molar-refractivity contribution in [3.63, 3.8) is 0 Å². The molecule has 86 valence electrons. The number of hydrogen-bond donors (Lipinski definition) is 0. The molecule has 4 nitrogen and oxygen atoms in total. The van der Waals surface area contributed by atoms with Gasteiger partial charge in [0.2, 0.25) is 4.47 Å². The monoisotopic (exact) mass is 282 g/mol. The molecular weight excluding hydrogens is 276 g/mol. The number of nitrogens with zero attached hydrogens (tertiary/aromatic N) is 4. The van der Waals surface area contributed by atoms with Crippen LogP contribution in [0.25, 0.3) is 10.7 Å². The van der Waals surface area contributed by atoms with Gasteiger partial charge >= 0.3 is 0 Å². The summed E-state index contributed by atoms with van der Waals surface area (Å²) in [7, 11) is 0. The van der Waals surface area contributed by atoms with Crippen LogP contribution < -0.4 is 0 Å². The molecule has 3 rings (SSSR count). The maximum Gasteiger partial charge on any atom is 0.207 e. The van der Waals surface area contributed by atoms with Crippen LogP contribution in [0.5, 0.6) is 0 Å². The van der Waals surface area contributed by atoms with Gasteiger partial charge in [-0.2, -0.15) is 0 Å². The van der Waals surface area contributed by atoms with Crippen LogP contribution >= 0.6 is 34.3 Å². The van der Waals surface area contributed by atoms with Gasteiger partial charge in [0.15, 0.2) is 0 Å². The molecule has 3 aromatic heterocycles. The van der Waals surface area contributed by atoms with Gasteiger partial charge in [0, 0.05) is 12.4 Å². The van der Waals surface area contributed by atoms with Crippen molar-refractivity contribution in [2.75, 3.05) is 0 Å². The Balaban J connectivity index is 1.92. The molecule has 0 unspecified atom stereocenters. The van der Waals surface area contributed by atoms with Gasteiger partial charge in [-0.1, -0.05) is 17.4 Å². The number of halogens is 1. The molecule has 0 spiro atoms. The van der Waals surface area contributed by atoms with E-state index in [0.29, 0.717) is 11.0 Å². The minimum Gasteiger partial charge on any atom is -0.323 e. The van der Waals surface area contributed by atoms with Gasteiger partial charge in [0.05, 0.1) is 11.4 Å². The fraction of sp³-hybridized carbons (Fsp3) is 0.100. The first kappa shape index (κ1) is 10.9. The summed E-state index contributed by atoms with van der Waals surface area (Å²) in [5, 5.41) is 10.7. The van der Waals surface area contributed by atoms with E-state index in [4.69, 9.17) is 11.6 Å². The topological polar surface area (TPSA) is 43.6 Å². The number of rotatable bonds is 3. The molecule has 0 bridgehead atoms. The van der Waals surface area contributed by atoms with Crippen molar-refractivity contribution >= 4 is 34.3 Å². The molecule has 0 fully saturated rings. The first-order valence-electron chi connectivity index (χ1n) is 4.86. The maximum atomic E-state index is 5.76. The Bertz CT molecular complexity index is 614.